The first-order valence-corrected chi connectivity index (χ1v) is 7.30. The molecule has 0 aliphatic carbocycles. The summed E-state index contributed by atoms with van der Waals surface area (Å²) in [5.74, 6) is 0.369. The second-order valence-electron chi connectivity index (χ2n) is 5.80. The summed E-state index contributed by atoms with van der Waals surface area (Å²) in [7, 11) is 3.48. The number of nitrogens with one attached hydrogen (secondary N) is 1. The van der Waals surface area contributed by atoms with Crippen molar-refractivity contribution in [3.63, 3.8) is 0 Å². The van der Waals surface area contributed by atoms with Crippen molar-refractivity contribution in [2.75, 3.05) is 40.3 Å². The van der Waals surface area contributed by atoms with Crippen LogP contribution in [0.15, 0.2) is 0 Å². The van der Waals surface area contributed by atoms with Gasteiger partial charge < -0.3 is 20.2 Å². The SMILES string of the molecule is CC(CCO)CNC(=O)C1CCN(C(=O)N(C)C)CC1. The summed E-state index contributed by atoms with van der Waals surface area (Å²) in [4.78, 5) is 27.2. The maximum atomic E-state index is 12.0. The van der Waals surface area contributed by atoms with Gasteiger partial charge in [0.1, 0.15) is 0 Å². The van der Waals surface area contributed by atoms with Crippen LogP contribution in [0.2, 0.25) is 0 Å². The zero-order valence-electron chi connectivity index (χ0n) is 12.8. The van der Waals surface area contributed by atoms with Gasteiger partial charge in [-0.1, -0.05) is 6.92 Å². The molecule has 1 atom stereocenters. The molecular formula is C14H27N3O3. The van der Waals surface area contributed by atoms with Crippen LogP contribution in [0.25, 0.3) is 0 Å². The van der Waals surface area contributed by atoms with Gasteiger partial charge >= 0.3 is 6.03 Å². The van der Waals surface area contributed by atoms with Crippen molar-refractivity contribution in [1.82, 2.24) is 15.1 Å². The quantitative estimate of drug-likeness (QED) is 0.773. The van der Waals surface area contributed by atoms with Crippen LogP contribution >= 0.6 is 0 Å². The zero-order valence-corrected chi connectivity index (χ0v) is 12.8. The molecule has 0 aromatic rings. The van der Waals surface area contributed by atoms with E-state index in [9.17, 15) is 9.59 Å². The molecule has 20 heavy (non-hydrogen) atoms. The average Bonchev–Trinajstić information content (AvgIpc) is 2.44. The number of piperidine rings is 1. The lowest BCUT2D eigenvalue weighted by molar-refractivity contribution is -0.126. The van der Waals surface area contributed by atoms with E-state index in [2.05, 4.69) is 5.32 Å². The van der Waals surface area contributed by atoms with E-state index in [0.717, 1.165) is 12.8 Å². The highest BCUT2D eigenvalue weighted by Gasteiger charge is 2.27. The van der Waals surface area contributed by atoms with Crippen molar-refractivity contribution in [3.8, 4) is 0 Å². The highest BCUT2D eigenvalue weighted by molar-refractivity contribution is 5.79. The van der Waals surface area contributed by atoms with Gasteiger partial charge in [0.15, 0.2) is 0 Å². The second kappa shape index (κ2) is 8.09. The van der Waals surface area contributed by atoms with Gasteiger partial charge in [0.2, 0.25) is 5.91 Å². The fraction of sp³-hybridized carbons (Fsp3) is 0.857. The lowest BCUT2D eigenvalue weighted by Crippen LogP contribution is -2.46. The van der Waals surface area contributed by atoms with E-state index in [0.29, 0.717) is 32.0 Å². The van der Waals surface area contributed by atoms with Gasteiger partial charge in [-0.2, -0.15) is 0 Å². The molecule has 0 radical (unpaired) electrons. The van der Waals surface area contributed by atoms with Crippen LogP contribution in [0.4, 0.5) is 4.79 Å². The fourth-order valence-corrected chi connectivity index (χ4v) is 2.36. The number of urea groups is 1. The number of nitrogens with zero attached hydrogens (tertiary/aromatic N) is 2. The highest BCUT2D eigenvalue weighted by atomic mass is 16.3. The van der Waals surface area contributed by atoms with Crippen molar-refractivity contribution in [1.29, 1.82) is 0 Å². The number of amides is 3. The molecule has 0 spiro atoms. The Labute approximate surface area is 121 Å². The van der Waals surface area contributed by atoms with Gasteiger partial charge in [-0.15, -0.1) is 0 Å². The molecule has 6 nitrogen and oxygen atoms in total. The minimum atomic E-state index is 0.00235. The first kappa shape index (κ1) is 16.8. The van der Waals surface area contributed by atoms with E-state index in [1.807, 2.05) is 6.92 Å². The predicted octanol–water partition coefficient (Wildman–Crippen LogP) is 0.515. The van der Waals surface area contributed by atoms with Gasteiger partial charge in [0.05, 0.1) is 0 Å². The third-order valence-corrected chi connectivity index (χ3v) is 3.77. The molecule has 1 heterocycles. The largest absolute Gasteiger partial charge is 0.396 e. The summed E-state index contributed by atoms with van der Waals surface area (Å²) in [6, 6.07) is 0.0143. The van der Waals surface area contributed by atoms with Crippen molar-refractivity contribution in [2.45, 2.75) is 26.2 Å². The molecular weight excluding hydrogens is 258 g/mol. The van der Waals surface area contributed by atoms with E-state index < -0.39 is 0 Å². The van der Waals surface area contributed by atoms with E-state index in [4.69, 9.17) is 5.11 Å². The Morgan fingerprint density at radius 3 is 2.45 bits per heavy atom. The molecule has 0 aromatic heterocycles. The normalized spacial score (nSPS) is 17.7. The Morgan fingerprint density at radius 1 is 1.35 bits per heavy atom. The van der Waals surface area contributed by atoms with Crippen LogP contribution in [-0.4, -0.2) is 67.2 Å². The zero-order chi connectivity index (χ0) is 15.1. The van der Waals surface area contributed by atoms with E-state index in [1.54, 1.807) is 23.9 Å². The van der Waals surface area contributed by atoms with Gasteiger partial charge in [0.25, 0.3) is 0 Å². The molecule has 1 rings (SSSR count). The Hall–Kier alpha value is -1.30. The lowest BCUT2D eigenvalue weighted by atomic mass is 9.95. The molecule has 0 bridgehead atoms. The van der Waals surface area contributed by atoms with Crippen molar-refractivity contribution >= 4 is 11.9 Å². The van der Waals surface area contributed by atoms with Crippen molar-refractivity contribution in [2.24, 2.45) is 11.8 Å². The maximum absolute atomic E-state index is 12.0. The summed E-state index contributed by atoms with van der Waals surface area (Å²) in [5.41, 5.74) is 0. The second-order valence-corrected chi connectivity index (χ2v) is 5.80. The van der Waals surface area contributed by atoms with Crippen LogP contribution in [-0.2, 0) is 4.79 Å². The van der Waals surface area contributed by atoms with Gasteiger partial charge in [-0.25, -0.2) is 4.79 Å². The average molecular weight is 285 g/mol. The number of aliphatic hydroxyl groups is 1. The minimum Gasteiger partial charge on any atom is -0.396 e. The third-order valence-electron chi connectivity index (χ3n) is 3.77. The Bertz CT molecular complexity index is 326. The summed E-state index contributed by atoms with van der Waals surface area (Å²) >= 11 is 0. The number of likely N-dealkylation sites (tertiary alicyclic amines) is 1. The molecule has 2 N–H and O–H groups in total. The summed E-state index contributed by atoms with van der Waals surface area (Å²) < 4.78 is 0. The lowest BCUT2D eigenvalue weighted by Gasteiger charge is -2.33. The smallest absolute Gasteiger partial charge is 0.319 e. The topological polar surface area (TPSA) is 72.9 Å². The van der Waals surface area contributed by atoms with Gasteiger partial charge in [-0.05, 0) is 25.2 Å². The first-order chi connectivity index (χ1) is 9.45. The van der Waals surface area contributed by atoms with Crippen LogP contribution in [0.1, 0.15) is 26.2 Å². The number of rotatable bonds is 5. The van der Waals surface area contributed by atoms with Crippen molar-refractivity contribution in [3.05, 3.63) is 0 Å². The standard InChI is InChI=1S/C14H27N3O3/c1-11(6-9-18)10-15-13(19)12-4-7-17(8-5-12)14(20)16(2)3/h11-12,18H,4-10H2,1-3H3,(H,15,19). The van der Waals surface area contributed by atoms with Crippen LogP contribution in [0, 0.1) is 11.8 Å². The minimum absolute atomic E-state index is 0.00235. The molecule has 116 valence electrons. The molecule has 0 saturated carbocycles. The monoisotopic (exact) mass is 285 g/mol. The molecule has 1 fully saturated rings. The summed E-state index contributed by atoms with van der Waals surface area (Å²) in [5, 5.41) is 11.8. The van der Waals surface area contributed by atoms with E-state index in [1.165, 1.54) is 0 Å². The number of hydrogen-bond acceptors (Lipinski definition) is 3. The third kappa shape index (κ3) is 5.00. The van der Waals surface area contributed by atoms with Gasteiger partial charge in [-0.3, -0.25) is 4.79 Å². The number of carbonyl (C=O) groups is 2. The summed E-state index contributed by atoms with van der Waals surface area (Å²) in [6.07, 6.45) is 2.15. The Morgan fingerprint density at radius 2 is 1.95 bits per heavy atom. The molecule has 1 unspecified atom stereocenters. The maximum Gasteiger partial charge on any atom is 0.319 e. The molecule has 1 saturated heterocycles. The van der Waals surface area contributed by atoms with Crippen molar-refractivity contribution < 1.29 is 14.7 Å². The predicted molar refractivity (Wildman–Crippen MR) is 77.3 cm³/mol. The van der Waals surface area contributed by atoms with Crippen LogP contribution in [0.5, 0.6) is 0 Å². The fourth-order valence-electron chi connectivity index (χ4n) is 2.36. The Balaban J connectivity index is 2.30. The van der Waals surface area contributed by atoms with E-state index in [-0.39, 0.29) is 24.5 Å². The van der Waals surface area contributed by atoms with Crippen LogP contribution in [0.3, 0.4) is 0 Å². The highest BCUT2D eigenvalue weighted by Crippen LogP contribution is 2.18. The molecule has 1 aliphatic rings. The molecule has 3 amide bonds. The Kier molecular flexibility index (Phi) is 6.78. The molecule has 6 heteroatoms. The number of carbonyl (C=O) groups excluding carboxylic acids is 2. The summed E-state index contributed by atoms with van der Waals surface area (Å²) in [6.45, 7) is 4.05. The van der Waals surface area contributed by atoms with Gasteiger partial charge in [0, 0.05) is 46.3 Å². The molecule has 1 aliphatic heterocycles. The van der Waals surface area contributed by atoms with E-state index >= 15 is 0 Å². The number of hydrogen-bond donors (Lipinski definition) is 2. The van der Waals surface area contributed by atoms with Crippen LogP contribution < -0.4 is 5.32 Å². The molecule has 0 aromatic carbocycles. The first-order valence-electron chi connectivity index (χ1n) is 7.30. The number of aliphatic hydroxyl groups excluding tert-OH is 1.